The van der Waals surface area contributed by atoms with Crippen LogP contribution >= 0.6 is 22.9 Å². The zero-order valence-corrected chi connectivity index (χ0v) is 18.1. The second-order valence-electron chi connectivity index (χ2n) is 7.12. The Balaban J connectivity index is 1.71. The van der Waals surface area contributed by atoms with Gasteiger partial charge >= 0.3 is 0 Å². The van der Waals surface area contributed by atoms with Crippen LogP contribution in [0.4, 0.5) is 5.13 Å². The van der Waals surface area contributed by atoms with Crippen molar-refractivity contribution in [2.45, 2.75) is 19.4 Å². The molecule has 5 rings (SSSR count). The van der Waals surface area contributed by atoms with Crippen LogP contribution in [0, 0.1) is 0 Å². The van der Waals surface area contributed by atoms with Crippen LogP contribution in [0.5, 0.6) is 5.75 Å². The van der Waals surface area contributed by atoms with Crippen LogP contribution in [0.3, 0.4) is 0 Å². The van der Waals surface area contributed by atoms with E-state index in [0.29, 0.717) is 27.7 Å². The summed E-state index contributed by atoms with van der Waals surface area (Å²) in [6.07, 6.45) is 2.53. The number of hydrogen-bond acceptors (Lipinski definition) is 6. The van der Waals surface area contributed by atoms with E-state index in [9.17, 15) is 9.59 Å². The molecule has 0 saturated heterocycles. The van der Waals surface area contributed by atoms with E-state index in [0.717, 1.165) is 17.7 Å². The predicted octanol–water partition coefficient (Wildman–Crippen LogP) is 5.44. The van der Waals surface area contributed by atoms with Gasteiger partial charge in [0.2, 0.25) is 5.76 Å². The first-order valence-electron chi connectivity index (χ1n) is 9.80. The standard InChI is InChI=1S/C23H17ClN2O4S/c1-2-10-29-15-6-3-13(4-7-15)19-18-20(27)16-12-14(24)5-8-17(16)30-21(18)22(28)26(19)23-25-9-11-31-23/h3-9,11-12,19H,2,10H2,1H3/t19-/m0/s1. The highest BCUT2D eigenvalue weighted by molar-refractivity contribution is 7.13. The average molecular weight is 453 g/mol. The normalized spacial score (nSPS) is 15.5. The molecule has 1 aliphatic rings. The Kier molecular flexibility index (Phi) is 5.00. The minimum Gasteiger partial charge on any atom is -0.494 e. The lowest BCUT2D eigenvalue weighted by Gasteiger charge is -2.22. The number of amides is 1. The molecule has 1 amide bonds. The number of carbonyl (C=O) groups is 1. The van der Waals surface area contributed by atoms with Gasteiger partial charge < -0.3 is 9.15 Å². The number of thiazole rings is 1. The fourth-order valence-electron chi connectivity index (χ4n) is 3.76. The molecule has 0 N–H and O–H groups in total. The third-order valence-corrected chi connectivity index (χ3v) is 6.13. The van der Waals surface area contributed by atoms with Gasteiger partial charge in [-0.15, -0.1) is 11.3 Å². The van der Waals surface area contributed by atoms with Crippen LogP contribution < -0.4 is 15.1 Å². The molecular formula is C23H17ClN2O4S. The molecule has 2 aromatic heterocycles. The van der Waals surface area contributed by atoms with Gasteiger partial charge in [0, 0.05) is 16.6 Å². The van der Waals surface area contributed by atoms with Gasteiger partial charge in [0.25, 0.3) is 5.91 Å². The zero-order valence-electron chi connectivity index (χ0n) is 16.5. The maximum absolute atomic E-state index is 13.5. The van der Waals surface area contributed by atoms with Gasteiger partial charge in [-0.05, 0) is 42.3 Å². The highest BCUT2D eigenvalue weighted by Gasteiger charge is 2.44. The Morgan fingerprint density at radius 3 is 2.71 bits per heavy atom. The molecule has 0 fully saturated rings. The summed E-state index contributed by atoms with van der Waals surface area (Å²) in [4.78, 5) is 32.7. The second-order valence-corrected chi connectivity index (χ2v) is 8.43. The number of benzene rings is 2. The molecule has 1 atom stereocenters. The Morgan fingerprint density at radius 1 is 1.19 bits per heavy atom. The number of nitrogens with zero attached hydrogens (tertiary/aromatic N) is 2. The van der Waals surface area contributed by atoms with E-state index in [1.165, 1.54) is 16.2 Å². The molecule has 0 spiro atoms. The average Bonchev–Trinajstić information content (AvgIpc) is 3.40. The quantitative estimate of drug-likeness (QED) is 0.403. The van der Waals surface area contributed by atoms with Gasteiger partial charge in [0.05, 0.1) is 23.6 Å². The number of hydrogen-bond donors (Lipinski definition) is 0. The number of fused-ring (bicyclic) bond motifs is 2. The van der Waals surface area contributed by atoms with Gasteiger partial charge in [0.1, 0.15) is 11.3 Å². The van der Waals surface area contributed by atoms with E-state index >= 15 is 0 Å². The van der Waals surface area contributed by atoms with Crippen molar-refractivity contribution in [1.29, 1.82) is 0 Å². The van der Waals surface area contributed by atoms with Crippen molar-refractivity contribution in [3.05, 3.63) is 86.2 Å². The molecule has 0 saturated carbocycles. The SMILES string of the molecule is CCCOc1ccc([C@H]2c3c(oc4ccc(Cl)cc4c3=O)C(=O)N2c2nccs2)cc1. The van der Waals surface area contributed by atoms with Crippen molar-refractivity contribution in [2.75, 3.05) is 11.5 Å². The minimum atomic E-state index is -0.659. The summed E-state index contributed by atoms with van der Waals surface area (Å²) in [6.45, 7) is 2.66. The van der Waals surface area contributed by atoms with Crippen LogP contribution in [-0.2, 0) is 0 Å². The molecule has 0 unspecified atom stereocenters. The fraction of sp³-hybridized carbons (Fsp3) is 0.174. The van der Waals surface area contributed by atoms with Gasteiger partial charge in [-0.2, -0.15) is 0 Å². The largest absolute Gasteiger partial charge is 0.494 e. The fourth-order valence-corrected chi connectivity index (χ4v) is 4.60. The van der Waals surface area contributed by atoms with Crippen molar-refractivity contribution in [3.8, 4) is 5.75 Å². The van der Waals surface area contributed by atoms with Crippen molar-refractivity contribution in [2.24, 2.45) is 0 Å². The molecule has 0 radical (unpaired) electrons. The second kappa shape index (κ2) is 7.83. The summed E-state index contributed by atoms with van der Waals surface area (Å²) in [7, 11) is 0. The first-order chi connectivity index (χ1) is 15.1. The molecular weight excluding hydrogens is 436 g/mol. The molecule has 8 heteroatoms. The molecule has 1 aliphatic heterocycles. The molecule has 0 aliphatic carbocycles. The Morgan fingerprint density at radius 2 is 2.00 bits per heavy atom. The van der Waals surface area contributed by atoms with Crippen LogP contribution in [0.15, 0.2) is 63.3 Å². The van der Waals surface area contributed by atoms with Crippen LogP contribution in [0.1, 0.15) is 41.1 Å². The topological polar surface area (TPSA) is 72.6 Å². The van der Waals surface area contributed by atoms with Gasteiger partial charge in [0.15, 0.2) is 10.6 Å². The van der Waals surface area contributed by atoms with E-state index in [-0.39, 0.29) is 16.8 Å². The first-order valence-corrected chi connectivity index (χ1v) is 11.1. The smallest absolute Gasteiger partial charge is 0.297 e. The predicted molar refractivity (Wildman–Crippen MR) is 120 cm³/mol. The summed E-state index contributed by atoms with van der Waals surface area (Å²) in [5, 5.41) is 3.05. The number of anilines is 1. The first kappa shape index (κ1) is 19.8. The third-order valence-electron chi connectivity index (χ3n) is 5.13. The highest BCUT2D eigenvalue weighted by Crippen LogP contribution is 2.42. The lowest BCUT2D eigenvalue weighted by Crippen LogP contribution is -2.29. The summed E-state index contributed by atoms with van der Waals surface area (Å²) < 4.78 is 11.6. The van der Waals surface area contributed by atoms with E-state index < -0.39 is 11.9 Å². The zero-order chi connectivity index (χ0) is 21.5. The monoisotopic (exact) mass is 452 g/mol. The van der Waals surface area contributed by atoms with Crippen molar-refractivity contribution in [3.63, 3.8) is 0 Å². The van der Waals surface area contributed by atoms with Crippen LogP contribution in [0.25, 0.3) is 11.0 Å². The number of aromatic nitrogens is 1. The molecule has 31 heavy (non-hydrogen) atoms. The lowest BCUT2D eigenvalue weighted by atomic mass is 9.98. The minimum absolute atomic E-state index is 0.0336. The summed E-state index contributed by atoms with van der Waals surface area (Å²) in [5.41, 5.74) is 1.10. The number of ether oxygens (including phenoxy) is 1. The maximum atomic E-state index is 13.5. The molecule has 4 aromatic rings. The number of rotatable bonds is 5. The van der Waals surface area contributed by atoms with E-state index in [1.807, 2.05) is 31.2 Å². The third kappa shape index (κ3) is 3.30. The molecule has 3 heterocycles. The molecule has 156 valence electrons. The Bertz CT molecular complexity index is 1330. The summed E-state index contributed by atoms with van der Waals surface area (Å²) in [6, 6.07) is 11.5. The van der Waals surface area contributed by atoms with E-state index in [2.05, 4.69) is 4.98 Å². The molecule has 6 nitrogen and oxygen atoms in total. The van der Waals surface area contributed by atoms with Crippen molar-refractivity contribution >= 4 is 44.9 Å². The molecule has 0 bridgehead atoms. The Hall–Kier alpha value is -3.16. The summed E-state index contributed by atoms with van der Waals surface area (Å²) in [5.74, 6) is 0.370. The van der Waals surface area contributed by atoms with Gasteiger partial charge in [-0.3, -0.25) is 14.5 Å². The molecule has 2 aromatic carbocycles. The van der Waals surface area contributed by atoms with E-state index in [1.54, 1.807) is 29.8 Å². The van der Waals surface area contributed by atoms with Gasteiger partial charge in [-0.1, -0.05) is 30.7 Å². The van der Waals surface area contributed by atoms with Crippen molar-refractivity contribution in [1.82, 2.24) is 4.98 Å². The Labute approximate surface area is 186 Å². The number of halogens is 1. The maximum Gasteiger partial charge on any atom is 0.297 e. The van der Waals surface area contributed by atoms with Crippen LogP contribution in [0.2, 0.25) is 5.02 Å². The van der Waals surface area contributed by atoms with Crippen LogP contribution in [-0.4, -0.2) is 17.5 Å². The highest BCUT2D eigenvalue weighted by atomic mass is 35.5. The summed E-state index contributed by atoms with van der Waals surface area (Å²) >= 11 is 7.44. The van der Waals surface area contributed by atoms with Gasteiger partial charge in [-0.25, -0.2) is 4.98 Å². The van der Waals surface area contributed by atoms with E-state index in [4.69, 9.17) is 20.8 Å². The van der Waals surface area contributed by atoms with Crippen molar-refractivity contribution < 1.29 is 13.9 Å². The number of carbonyl (C=O) groups excluding carboxylic acids is 1. The lowest BCUT2D eigenvalue weighted by molar-refractivity contribution is 0.0971.